The van der Waals surface area contributed by atoms with Gasteiger partial charge in [0.25, 0.3) is 0 Å². The van der Waals surface area contributed by atoms with E-state index >= 15 is 0 Å². The molecule has 26 heavy (non-hydrogen) atoms. The van der Waals surface area contributed by atoms with Gasteiger partial charge >= 0.3 is 0 Å². The number of unbranched alkanes of at least 4 members (excludes halogenated alkanes) is 6. The van der Waals surface area contributed by atoms with Crippen LogP contribution in [0.3, 0.4) is 0 Å². The molecule has 1 aliphatic rings. The second-order valence-corrected chi connectivity index (χ2v) is 8.49. The van der Waals surface area contributed by atoms with Crippen molar-refractivity contribution in [3.8, 4) is 0 Å². The lowest BCUT2D eigenvalue weighted by Gasteiger charge is -2.26. The van der Waals surface area contributed by atoms with E-state index in [4.69, 9.17) is 18.9 Å². The summed E-state index contributed by atoms with van der Waals surface area (Å²) < 4.78 is 24.1. The molecule has 0 aromatic rings. The summed E-state index contributed by atoms with van der Waals surface area (Å²) in [6, 6.07) is 0. The number of hydrogen-bond donors (Lipinski definition) is 0. The number of hydrogen-bond acceptors (Lipinski definition) is 5. The Balaban J connectivity index is 2.50. The third-order valence-electron chi connectivity index (χ3n) is 4.79. The molecule has 1 unspecified atom stereocenters. The molecule has 4 nitrogen and oxygen atoms in total. The van der Waals surface area contributed by atoms with E-state index in [1.807, 2.05) is 11.8 Å². The predicted octanol–water partition coefficient (Wildman–Crippen LogP) is 5.43. The molecule has 0 radical (unpaired) electrons. The van der Waals surface area contributed by atoms with Gasteiger partial charge in [0.15, 0.2) is 0 Å². The number of thioether (sulfide) groups is 1. The van der Waals surface area contributed by atoms with Crippen LogP contribution in [0.4, 0.5) is 0 Å². The molecule has 0 aliphatic carbocycles. The predicted molar refractivity (Wildman–Crippen MR) is 111 cm³/mol. The molecule has 4 atom stereocenters. The van der Waals surface area contributed by atoms with Crippen molar-refractivity contribution in [1.29, 1.82) is 0 Å². The Morgan fingerprint density at radius 3 is 2.00 bits per heavy atom. The minimum atomic E-state index is 0.00723. The zero-order chi connectivity index (χ0) is 19.0. The standard InChI is InChI=1S/C21H42O4S/c1-5-8-11-12-13-16-25-20-19(24-15-10-7-3)18(26-21(20)22-4)17-23-14-9-6-2/h18-21H,5-17H2,1-4H3/t18-,19-,20-,21?/m1/s1. The Morgan fingerprint density at radius 1 is 0.692 bits per heavy atom. The second kappa shape index (κ2) is 16.2. The largest absolute Gasteiger partial charge is 0.380 e. The van der Waals surface area contributed by atoms with Crippen LogP contribution in [0.15, 0.2) is 0 Å². The van der Waals surface area contributed by atoms with Crippen LogP contribution in [0, 0.1) is 0 Å². The zero-order valence-electron chi connectivity index (χ0n) is 17.5. The Hall–Kier alpha value is 0.190. The molecule has 156 valence electrons. The molecule has 1 saturated heterocycles. The fourth-order valence-electron chi connectivity index (χ4n) is 3.13. The van der Waals surface area contributed by atoms with Crippen molar-refractivity contribution >= 4 is 11.8 Å². The van der Waals surface area contributed by atoms with E-state index in [1.54, 1.807) is 7.11 Å². The average Bonchev–Trinajstić information content (AvgIpc) is 2.99. The summed E-state index contributed by atoms with van der Waals surface area (Å²) in [5.74, 6) is 0. The van der Waals surface area contributed by atoms with E-state index < -0.39 is 0 Å². The van der Waals surface area contributed by atoms with Gasteiger partial charge in [0, 0.05) is 26.9 Å². The fraction of sp³-hybridized carbons (Fsp3) is 1.00. The van der Waals surface area contributed by atoms with E-state index in [0.29, 0.717) is 5.25 Å². The SMILES string of the molecule is CCCCCCCO[C@H]1C(OC)S[C@H](COCCCC)[C@H]1OCCCC. The van der Waals surface area contributed by atoms with Crippen molar-refractivity contribution in [2.45, 2.75) is 101 Å². The number of rotatable bonds is 17. The van der Waals surface area contributed by atoms with Crippen LogP contribution in [0.1, 0.15) is 78.6 Å². The van der Waals surface area contributed by atoms with Crippen molar-refractivity contribution in [2.75, 3.05) is 33.5 Å². The molecule has 0 amide bonds. The van der Waals surface area contributed by atoms with Crippen LogP contribution in [-0.4, -0.2) is 56.4 Å². The van der Waals surface area contributed by atoms with Crippen LogP contribution in [0.2, 0.25) is 0 Å². The summed E-state index contributed by atoms with van der Waals surface area (Å²) in [5.41, 5.74) is 0.0389. The normalized spacial score (nSPS) is 25.8. The van der Waals surface area contributed by atoms with Gasteiger partial charge in [0.1, 0.15) is 17.6 Å². The van der Waals surface area contributed by atoms with Gasteiger partial charge in [0.05, 0.1) is 11.9 Å². The van der Waals surface area contributed by atoms with Gasteiger partial charge < -0.3 is 18.9 Å². The van der Waals surface area contributed by atoms with Gasteiger partial charge in [-0.05, 0) is 19.3 Å². The molecule has 0 bridgehead atoms. The van der Waals surface area contributed by atoms with Gasteiger partial charge in [-0.2, -0.15) is 0 Å². The molecule has 0 saturated carbocycles. The summed E-state index contributed by atoms with van der Waals surface area (Å²) in [5, 5.41) is 0.291. The monoisotopic (exact) mass is 390 g/mol. The highest BCUT2D eigenvalue weighted by molar-refractivity contribution is 8.00. The van der Waals surface area contributed by atoms with Crippen molar-refractivity contribution < 1.29 is 18.9 Å². The quantitative estimate of drug-likeness (QED) is 0.309. The van der Waals surface area contributed by atoms with Gasteiger partial charge in [-0.25, -0.2) is 0 Å². The maximum absolute atomic E-state index is 6.26. The maximum atomic E-state index is 6.26. The smallest absolute Gasteiger partial charge is 0.132 e. The summed E-state index contributed by atoms with van der Waals surface area (Å²) in [4.78, 5) is 0. The highest BCUT2D eigenvalue weighted by Crippen LogP contribution is 2.39. The highest BCUT2D eigenvalue weighted by Gasteiger charge is 2.46. The molecule has 0 aromatic carbocycles. The summed E-state index contributed by atoms with van der Waals surface area (Å²) >= 11 is 1.82. The van der Waals surface area contributed by atoms with Gasteiger partial charge in [-0.15, -0.1) is 11.8 Å². The first-order valence-electron chi connectivity index (χ1n) is 10.8. The number of ether oxygens (including phenoxy) is 4. The van der Waals surface area contributed by atoms with Crippen LogP contribution in [-0.2, 0) is 18.9 Å². The molecule has 1 aliphatic heterocycles. The van der Waals surface area contributed by atoms with Crippen LogP contribution < -0.4 is 0 Å². The molecule has 5 heteroatoms. The molecule has 0 aromatic heterocycles. The maximum Gasteiger partial charge on any atom is 0.132 e. The van der Waals surface area contributed by atoms with Crippen LogP contribution >= 0.6 is 11.8 Å². The van der Waals surface area contributed by atoms with Gasteiger partial charge in [-0.3, -0.25) is 0 Å². The van der Waals surface area contributed by atoms with Crippen molar-refractivity contribution in [3.63, 3.8) is 0 Å². The lowest BCUT2D eigenvalue weighted by molar-refractivity contribution is -0.103. The Labute approximate surface area is 166 Å². The summed E-state index contributed by atoms with van der Waals surface area (Å²) in [6.07, 6.45) is 10.9. The minimum Gasteiger partial charge on any atom is -0.380 e. The molecule has 1 fully saturated rings. The van der Waals surface area contributed by atoms with Crippen molar-refractivity contribution in [2.24, 2.45) is 0 Å². The molecule has 0 N–H and O–H groups in total. The van der Waals surface area contributed by atoms with Crippen molar-refractivity contribution in [1.82, 2.24) is 0 Å². The summed E-state index contributed by atoms with van der Waals surface area (Å²) in [6.45, 7) is 9.77. The molecular weight excluding hydrogens is 348 g/mol. The third kappa shape index (κ3) is 9.41. The highest BCUT2D eigenvalue weighted by atomic mass is 32.2. The first-order valence-corrected chi connectivity index (χ1v) is 11.7. The van der Waals surface area contributed by atoms with Crippen LogP contribution in [0.5, 0.6) is 0 Å². The first kappa shape index (κ1) is 24.2. The molecular formula is C21H42O4S. The zero-order valence-corrected chi connectivity index (χ0v) is 18.4. The molecule has 1 heterocycles. The first-order chi connectivity index (χ1) is 12.8. The third-order valence-corrected chi connectivity index (χ3v) is 6.27. The Kier molecular flexibility index (Phi) is 15.1. The second-order valence-electron chi connectivity index (χ2n) is 7.15. The van der Waals surface area contributed by atoms with E-state index in [9.17, 15) is 0 Å². The molecule has 0 spiro atoms. The van der Waals surface area contributed by atoms with E-state index in [-0.39, 0.29) is 17.6 Å². The van der Waals surface area contributed by atoms with Gasteiger partial charge in [0.2, 0.25) is 0 Å². The van der Waals surface area contributed by atoms with E-state index in [1.165, 1.54) is 32.1 Å². The average molecular weight is 391 g/mol. The number of methoxy groups -OCH3 is 1. The minimum absolute atomic E-state index is 0.00723. The fourth-order valence-corrected chi connectivity index (χ4v) is 4.53. The van der Waals surface area contributed by atoms with E-state index in [2.05, 4.69) is 20.8 Å². The van der Waals surface area contributed by atoms with Crippen LogP contribution in [0.25, 0.3) is 0 Å². The summed E-state index contributed by atoms with van der Waals surface area (Å²) in [7, 11) is 1.78. The van der Waals surface area contributed by atoms with E-state index in [0.717, 1.165) is 52.1 Å². The lowest BCUT2D eigenvalue weighted by Crippen LogP contribution is -2.40. The van der Waals surface area contributed by atoms with Gasteiger partial charge in [-0.1, -0.05) is 59.3 Å². The Morgan fingerprint density at radius 2 is 1.31 bits per heavy atom. The molecule has 1 rings (SSSR count). The topological polar surface area (TPSA) is 36.9 Å². The van der Waals surface area contributed by atoms with Crippen molar-refractivity contribution in [3.05, 3.63) is 0 Å². The lowest BCUT2D eigenvalue weighted by atomic mass is 10.1. The Bertz CT molecular complexity index is 316.